The average Bonchev–Trinajstić information content (AvgIpc) is 2.71. The summed E-state index contributed by atoms with van der Waals surface area (Å²) in [7, 11) is 0. The molecular formula is C22H46O6. The highest BCUT2D eigenvalue weighted by atomic mass is 16.6. The summed E-state index contributed by atoms with van der Waals surface area (Å²) in [5, 5.41) is 8.55. The summed E-state index contributed by atoms with van der Waals surface area (Å²) in [5.74, 6) is 0.684. The Bertz CT molecular complexity index is 278. The Morgan fingerprint density at radius 3 is 1.54 bits per heavy atom. The predicted octanol–water partition coefficient (Wildman–Crippen LogP) is 3.84. The minimum atomic E-state index is 0.0481. The molecule has 6 heteroatoms. The molecule has 0 rings (SSSR count). The van der Waals surface area contributed by atoms with E-state index in [4.69, 9.17) is 28.8 Å². The number of aliphatic hydroxyl groups excluding tert-OH is 1. The smallest absolute Gasteiger partial charge is 0.0701 e. The van der Waals surface area contributed by atoms with Crippen LogP contribution in [0.15, 0.2) is 0 Å². The van der Waals surface area contributed by atoms with Gasteiger partial charge in [0.15, 0.2) is 0 Å². The Morgan fingerprint density at radius 1 is 0.571 bits per heavy atom. The SMILES string of the molecule is CCCCCCCCC(CC)COCCOCCOCCOCCOCCO. The van der Waals surface area contributed by atoms with Crippen LogP contribution in [0.2, 0.25) is 0 Å². The van der Waals surface area contributed by atoms with Crippen molar-refractivity contribution in [3.63, 3.8) is 0 Å². The summed E-state index contributed by atoms with van der Waals surface area (Å²) in [5.41, 5.74) is 0. The van der Waals surface area contributed by atoms with Crippen LogP contribution in [0.3, 0.4) is 0 Å². The van der Waals surface area contributed by atoms with Gasteiger partial charge in [-0.1, -0.05) is 58.8 Å². The maximum atomic E-state index is 8.55. The number of hydrogen-bond donors (Lipinski definition) is 1. The second-order valence-electron chi connectivity index (χ2n) is 7.08. The first-order valence-corrected chi connectivity index (χ1v) is 11.3. The molecule has 0 spiro atoms. The highest BCUT2D eigenvalue weighted by molar-refractivity contribution is 4.57. The molecule has 0 aliphatic rings. The van der Waals surface area contributed by atoms with E-state index in [1.54, 1.807) is 0 Å². The van der Waals surface area contributed by atoms with E-state index in [0.29, 0.717) is 65.4 Å². The highest BCUT2D eigenvalue weighted by Crippen LogP contribution is 2.15. The van der Waals surface area contributed by atoms with Crippen molar-refractivity contribution in [2.45, 2.75) is 65.2 Å². The van der Waals surface area contributed by atoms with Crippen LogP contribution in [0.4, 0.5) is 0 Å². The molecule has 1 atom stereocenters. The summed E-state index contributed by atoms with van der Waals surface area (Å²) in [6.07, 6.45) is 10.6. The third kappa shape index (κ3) is 22.1. The second kappa shape index (κ2) is 24.8. The minimum Gasteiger partial charge on any atom is -0.394 e. The molecule has 0 aliphatic carbocycles. The van der Waals surface area contributed by atoms with Crippen molar-refractivity contribution in [1.82, 2.24) is 0 Å². The van der Waals surface area contributed by atoms with Crippen molar-refractivity contribution in [3.8, 4) is 0 Å². The molecule has 0 aromatic rings. The van der Waals surface area contributed by atoms with E-state index in [-0.39, 0.29) is 6.61 Å². The van der Waals surface area contributed by atoms with Crippen molar-refractivity contribution in [2.24, 2.45) is 5.92 Å². The molecule has 0 aliphatic heterocycles. The van der Waals surface area contributed by atoms with Crippen LogP contribution < -0.4 is 0 Å². The summed E-state index contributed by atoms with van der Waals surface area (Å²) in [6, 6.07) is 0. The minimum absolute atomic E-state index is 0.0481. The lowest BCUT2D eigenvalue weighted by Gasteiger charge is -2.15. The lowest BCUT2D eigenvalue weighted by molar-refractivity contribution is -0.0158. The molecule has 0 amide bonds. The normalized spacial score (nSPS) is 12.5. The van der Waals surface area contributed by atoms with Gasteiger partial charge in [-0.2, -0.15) is 0 Å². The third-order valence-electron chi connectivity index (χ3n) is 4.62. The van der Waals surface area contributed by atoms with Crippen molar-refractivity contribution < 1.29 is 28.8 Å². The molecule has 1 N–H and O–H groups in total. The van der Waals surface area contributed by atoms with Gasteiger partial charge in [-0.15, -0.1) is 0 Å². The Labute approximate surface area is 173 Å². The van der Waals surface area contributed by atoms with E-state index in [0.717, 1.165) is 6.61 Å². The molecule has 0 heterocycles. The van der Waals surface area contributed by atoms with Gasteiger partial charge >= 0.3 is 0 Å². The fourth-order valence-electron chi connectivity index (χ4n) is 2.81. The van der Waals surface area contributed by atoms with E-state index < -0.39 is 0 Å². The van der Waals surface area contributed by atoms with E-state index >= 15 is 0 Å². The zero-order chi connectivity index (χ0) is 20.5. The maximum Gasteiger partial charge on any atom is 0.0701 e. The van der Waals surface area contributed by atoms with Crippen LogP contribution in [0.1, 0.15) is 65.2 Å². The van der Waals surface area contributed by atoms with Gasteiger partial charge in [-0.3, -0.25) is 0 Å². The molecule has 6 nitrogen and oxygen atoms in total. The van der Waals surface area contributed by atoms with Gasteiger partial charge in [0, 0.05) is 6.61 Å². The van der Waals surface area contributed by atoms with Crippen molar-refractivity contribution in [3.05, 3.63) is 0 Å². The topological polar surface area (TPSA) is 66.4 Å². The third-order valence-corrected chi connectivity index (χ3v) is 4.62. The Kier molecular flexibility index (Phi) is 24.6. The summed E-state index contributed by atoms with van der Waals surface area (Å²) in [4.78, 5) is 0. The van der Waals surface area contributed by atoms with Crippen LogP contribution in [0, 0.1) is 5.92 Å². The fraction of sp³-hybridized carbons (Fsp3) is 1.00. The van der Waals surface area contributed by atoms with Crippen LogP contribution in [0.5, 0.6) is 0 Å². The summed E-state index contributed by atoms with van der Waals surface area (Å²) < 4.78 is 27.1. The van der Waals surface area contributed by atoms with Gasteiger partial charge in [-0.25, -0.2) is 0 Å². The van der Waals surface area contributed by atoms with Crippen LogP contribution in [0.25, 0.3) is 0 Å². The number of aliphatic hydroxyl groups is 1. The highest BCUT2D eigenvalue weighted by Gasteiger charge is 2.06. The molecule has 0 saturated carbocycles. The van der Waals surface area contributed by atoms with Gasteiger partial charge in [0.2, 0.25) is 0 Å². The first-order chi connectivity index (χ1) is 13.8. The first-order valence-electron chi connectivity index (χ1n) is 11.3. The zero-order valence-electron chi connectivity index (χ0n) is 18.5. The van der Waals surface area contributed by atoms with E-state index in [9.17, 15) is 0 Å². The Hall–Kier alpha value is -0.240. The van der Waals surface area contributed by atoms with Gasteiger partial charge in [0.05, 0.1) is 66.1 Å². The molecule has 1 unspecified atom stereocenters. The van der Waals surface area contributed by atoms with Crippen LogP contribution in [-0.4, -0.2) is 77.8 Å². The van der Waals surface area contributed by atoms with Crippen LogP contribution >= 0.6 is 0 Å². The van der Waals surface area contributed by atoms with E-state index in [2.05, 4.69) is 13.8 Å². The molecule has 0 saturated heterocycles. The van der Waals surface area contributed by atoms with Gasteiger partial charge in [0.25, 0.3) is 0 Å². The standard InChI is InChI=1S/C22H46O6/c1-3-5-6-7-8-9-10-22(4-2)21-28-20-19-27-18-17-26-16-15-25-14-13-24-12-11-23/h22-23H,3-21H2,1-2H3. The van der Waals surface area contributed by atoms with Crippen LogP contribution in [-0.2, 0) is 23.7 Å². The lowest BCUT2D eigenvalue weighted by Crippen LogP contribution is -2.15. The van der Waals surface area contributed by atoms with Gasteiger partial charge < -0.3 is 28.8 Å². The number of unbranched alkanes of at least 4 members (excludes halogenated alkanes) is 5. The summed E-state index contributed by atoms with van der Waals surface area (Å²) >= 11 is 0. The number of ether oxygens (including phenoxy) is 5. The van der Waals surface area contributed by atoms with Crippen molar-refractivity contribution in [1.29, 1.82) is 0 Å². The van der Waals surface area contributed by atoms with Crippen molar-refractivity contribution in [2.75, 3.05) is 72.7 Å². The maximum absolute atomic E-state index is 8.55. The predicted molar refractivity (Wildman–Crippen MR) is 113 cm³/mol. The lowest BCUT2D eigenvalue weighted by atomic mass is 9.99. The van der Waals surface area contributed by atoms with E-state index in [1.165, 1.54) is 51.4 Å². The molecule has 0 bridgehead atoms. The molecule has 170 valence electrons. The molecule has 28 heavy (non-hydrogen) atoms. The number of hydrogen-bond acceptors (Lipinski definition) is 6. The van der Waals surface area contributed by atoms with Crippen molar-refractivity contribution >= 4 is 0 Å². The Morgan fingerprint density at radius 2 is 1.04 bits per heavy atom. The van der Waals surface area contributed by atoms with Gasteiger partial charge in [-0.05, 0) is 12.3 Å². The summed E-state index contributed by atoms with van der Waals surface area (Å²) in [6.45, 7) is 10.3. The average molecular weight is 407 g/mol. The molecule has 0 fully saturated rings. The van der Waals surface area contributed by atoms with E-state index in [1.807, 2.05) is 0 Å². The second-order valence-corrected chi connectivity index (χ2v) is 7.08. The van der Waals surface area contributed by atoms with Gasteiger partial charge in [0.1, 0.15) is 0 Å². The fourth-order valence-corrected chi connectivity index (χ4v) is 2.81. The zero-order valence-corrected chi connectivity index (χ0v) is 18.5. The monoisotopic (exact) mass is 406 g/mol. The largest absolute Gasteiger partial charge is 0.394 e. The quantitative estimate of drug-likeness (QED) is 0.246. The molecule has 0 aromatic carbocycles. The molecule has 0 aromatic heterocycles. The molecular weight excluding hydrogens is 360 g/mol. The molecule has 0 radical (unpaired) electrons. The first kappa shape index (κ1) is 27.8. The number of rotatable bonds is 24. The Balaban J connectivity index is 3.22.